The van der Waals surface area contributed by atoms with Gasteiger partial charge in [0, 0.05) is 22.5 Å². The molecule has 4 nitrogen and oxygen atoms in total. The number of hydrogen-bond acceptors (Lipinski definition) is 4. The van der Waals surface area contributed by atoms with Crippen molar-refractivity contribution in [3.05, 3.63) is 75.9 Å². The molecule has 0 bridgehead atoms. The van der Waals surface area contributed by atoms with E-state index in [1.54, 1.807) is 24.4 Å². The maximum atomic E-state index is 12.6. The molecule has 0 radical (unpaired) electrons. The fourth-order valence-electron chi connectivity index (χ4n) is 2.75. The zero-order valence-corrected chi connectivity index (χ0v) is 16.5. The molecule has 2 aromatic heterocycles. The maximum Gasteiger partial charge on any atom is 0.257 e. The van der Waals surface area contributed by atoms with Gasteiger partial charge in [-0.3, -0.25) is 4.79 Å². The highest BCUT2D eigenvalue weighted by atomic mass is 35.5. The van der Waals surface area contributed by atoms with Crippen molar-refractivity contribution in [3.8, 4) is 10.6 Å². The highest BCUT2D eigenvalue weighted by Gasteiger charge is 2.15. The Kier molecular flexibility index (Phi) is 4.83. The van der Waals surface area contributed by atoms with Crippen LogP contribution in [0.25, 0.3) is 20.9 Å². The molecule has 0 spiro atoms. The number of thiazole rings is 1. The number of nitrogens with one attached hydrogen (secondary N) is 1. The summed E-state index contributed by atoms with van der Waals surface area (Å²) < 4.78 is 0. The Labute approximate surface area is 169 Å². The summed E-state index contributed by atoms with van der Waals surface area (Å²) in [7, 11) is 0. The van der Waals surface area contributed by atoms with Gasteiger partial charge in [-0.2, -0.15) is 0 Å². The number of anilines is 1. The van der Waals surface area contributed by atoms with Crippen LogP contribution in [-0.2, 0) is 0 Å². The fraction of sp³-hybridized carbons (Fsp3) is 0.0500. The number of hydrogen-bond donors (Lipinski definition) is 1. The van der Waals surface area contributed by atoms with Crippen molar-refractivity contribution in [2.45, 2.75) is 6.92 Å². The standard InChI is InChI=1S/C20H13Cl2N3OS/c1-11-13(19-25-17-6-3-9-23-20(17)27-19)4-2-5-16(11)24-18(26)14-8-7-12(21)10-15(14)22/h2-10H,1H3,(H,24,26). The van der Waals surface area contributed by atoms with Crippen LogP contribution in [0.2, 0.25) is 10.0 Å². The number of benzene rings is 2. The van der Waals surface area contributed by atoms with E-state index >= 15 is 0 Å². The molecule has 4 rings (SSSR count). The number of halogens is 2. The number of fused-ring (bicyclic) bond motifs is 1. The quantitative estimate of drug-likeness (QED) is 0.433. The average molecular weight is 414 g/mol. The summed E-state index contributed by atoms with van der Waals surface area (Å²) in [6.45, 7) is 1.95. The number of carbonyl (C=O) groups is 1. The normalized spacial score (nSPS) is 10.9. The molecule has 2 heterocycles. The van der Waals surface area contributed by atoms with Crippen LogP contribution in [0, 0.1) is 6.92 Å². The molecule has 1 N–H and O–H groups in total. The molecule has 27 heavy (non-hydrogen) atoms. The molecular formula is C20H13Cl2N3OS. The predicted octanol–water partition coefficient (Wildman–Crippen LogP) is 6.23. The van der Waals surface area contributed by atoms with Crippen LogP contribution in [0.1, 0.15) is 15.9 Å². The third kappa shape index (κ3) is 3.54. The van der Waals surface area contributed by atoms with E-state index in [9.17, 15) is 4.79 Å². The fourth-order valence-corrected chi connectivity index (χ4v) is 4.24. The van der Waals surface area contributed by atoms with E-state index in [0.29, 0.717) is 21.3 Å². The number of nitrogens with zero attached hydrogens (tertiary/aromatic N) is 2. The minimum Gasteiger partial charge on any atom is -0.322 e. The minimum absolute atomic E-state index is 0.289. The van der Waals surface area contributed by atoms with Gasteiger partial charge >= 0.3 is 0 Å². The van der Waals surface area contributed by atoms with Crippen molar-refractivity contribution in [3.63, 3.8) is 0 Å². The van der Waals surface area contributed by atoms with Crippen molar-refractivity contribution in [1.29, 1.82) is 0 Å². The van der Waals surface area contributed by atoms with Gasteiger partial charge < -0.3 is 5.32 Å². The lowest BCUT2D eigenvalue weighted by atomic mass is 10.1. The van der Waals surface area contributed by atoms with Crippen LogP contribution in [0.3, 0.4) is 0 Å². The Morgan fingerprint density at radius 2 is 1.96 bits per heavy atom. The highest BCUT2D eigenvalue weighted by Crippen LogP contribution is 2.34. The zero-order chi connectivity index (χ0) is 19.0. The summed E-state index contributed by atoms with van der Waals surface area (Å²) in [5.74, 6) is -0.289. The number of rotatable bonds is 3. The number of pyridine rings is 1. The van der Waals surface area contributed by atoms with E-state index in [1.165, 1.54) is 11.3 Å². The molecule has 0 unspecified atom stereocenters. The van der Waals surface area contributed by atoms with Gasteiger partial charge in [0.25, 0.3) is 5.91 Å². The predicted molar refractivity (Wildman–Crippen MR) is 112 cm³/mol. The third-order valence-corrected chi connectivity index (χ3v) is 5.71. The van der Waals surface area contributed by atoms with Crippen molar-refractivity contribution >= 4 is 56.5 Å². The van der Waals surface area contributed by atoms with Gasteiger partial charge in [0.05, 0.1) is 10.6 Å². The number of amides is 1. The van der Waals surface area contributed by atoms with Crippen molar-refractivity contribution in [2.75, 3.05) is 5.32 Å². The summed E-state index contributed by atoms with van der Waals surface area (Å²) in [4.78, 5) is 22.5. The molecule has 134 valence electrons. The van der Waals surface area contributed by atoms with E-state index in [2.05, 4.69) is 15.3 Å². The van der Waals surface area contributed by atoms with Gasteiger partial charge in [0.1, 0.15) is 15.4 Å². The molecule has 0 aliphatic rings. The molecule has 0 aliphatic heterocycles. The Bertz CT molecular complexity index is 1140. The van der Waals surface area contributed by atoms with E-state index in [0.717, 1.165) is 26.5 Å². The summed E-state index contributed by atoms with van der Waals surface area (Å²) in [6, 6.07) is 14.3. The Hall–Kier alpha value is -2.47. The van der Waals surface area contributed by atoms with Crippen LogP contribution >= 0.6 is 34.5 Å². The molecule has 0 atom stereocenters. The minimum atomic E-state index is -0.289. The first-order valence-corrected chi connectivity index (χ1v) is 9.68. The molecule has 1 amide bonds. The zero-order valence-electron chi connectivity index (χ0n) is 14.2. The largest absolute Gasteiger partial charge is 0.322 e. The van der Waals surface area contributed by atoms with Gasteiger partial charge in [-0.25, -0.2) is 9.97 Å². The van der Waals surface area contributed by atoms with Crippen molar-refractivity contribution in [2.24, 2.45) is 0 Å². The summed E-state index contributed by atoms with van der Waals surface area (Å²) >= 11 is 13.6. The Balaban J connectivity index is 1.68. The summed E-state index contributed by atoms with van der Waals surface area (Å²) in [5.41, 5.74) is 3.82. The second-order valence-electron chi connectivity index (χ2n) is 5.90. The van der Waals surface area contributed by atoms with Crippen LogP contribution in [0.5, 0.6) is 0 Å². The van der Waals surface area contributed by atoms with E-state index in [-0.39, 0.29) is 5.91 Å². The van der Waals surface area contributed by atoms with Gasteiger partial charge in [-0.15, -0.1) is 0 Å². The molecule has 0 aliphatic carbocycles. The van der Waals surface area contributed by atoms with Crippen molar-refractivity contribution < 1.29 is 4.79 Å². The number of aromatic nitrogens is 2. The molecule has 4 aromatic rings. The number of carbonyl (C=O) groups excluding carboxylic acids is 1. The Morgan fingerprint density at radius 1 is 1.11 bits per heavy atom. The van der Waals surface area contributed by atoms with E-state index in [4.69, 9.17) is 23.2 Å². The van der Waals surface area contributed by atoms with Crippen LogP contribution in [0.4, 0.5) is 5.69 Å². The highest BCUT2D eigenvalue weighted by molar-refractivity contribution is 7.21. The lowest BCUT2D eigenvalue weighted by molar-refractivity contribution is 0.102. The van der Waals surface area contributed by atoms with Crippen LogP contribution in [-0.4, -0.2) is 15.9 Å². The lowest BCUT2D eigenvalue weighted by Gasteiger charge is -2.12. The third-order valence-electron chi connectivity index (χ3n) is 4.15. The van der Waals surface area contributed by atoms with Crippen molar-refractivity contribution in [1.82, 2.24) is 9.97 Å². The molecule has 0 saturated heterocycles. The molecule has 2 aromatic carbocycles. The van der Waals surface area contributed by atoms with E-state index < -0.39 is 0 Å². The molecule has 7 heteroatoms. The van der Waals surface area contributed by atoms with Gasteiger partial charge in [0.2, 0.25) is 0 Å². The lowest BCUT2D eigenvalue weighted by Crippen LogP contribution is -2.13. The van der Waals surface area contributed by atoms with E-state index in [1.807, 2.05) is 37.3 Å². The monoisotopic (exact) mass is 413 g/mol. The molecular weight excluding hydrogens is 401 g/mol. The van der Waals surface area contributed by atoms with Crippen LogP contribution < -0.4 is 5.32 Å². The van der Waals surface area contributed by atoms with Gasteiger partial charge in [0.15, 0.2) is 0 Å². The molecule has 0 saturated carbocycles. The first kappa shape index (κ1) is 17.9. The van der Waals surface area contributed by atoms with Gasteiger partial charge in [-0.1, -0.05) is 46.7 Å². The first-order valence-electron chi connectivity index (χ1n) is 8.11. The maximum absolute atomic E-state index is 12.6. The Morgan fingerprint density at radius 3 is 2.74 bits per heavy atom. The SMILES string of the molecule is Cc1c(NC(=O)c2ccc(Cl)cc2Cl)cccc1-c1nc2cccnc2s1. The van der Waals surface area contributed by atoms with Crippen LogP contribution in [0.15, 0.2) is 54.7 Å². The first-order chi connectivity index (χ1) is 13.0. The average Bonchev–Trinajstić information content (AvgIpc) is 3.07. The topological polar surface area (TPSA) is 54.9 Å². The molecule has 0 fully saturated rings. The summed E-state index contributed by atoms with van der Waals surface area (Å²) in [6.07, 6.45) is 1.75. The summed E-state index contributed by atoms with van der Waals surface area (Å²) in [5, 5.41) is 4.58. The second kappa shape index (κ2) is 7.27. The smallest absolute Gasteiger partial charge is 0.257 e. The second-order valence-corrected chi connectivity index (χ2v) is 7.72. The van der Waals surface area contributed by atoms with Gasteiger partial charge in [-0.05, 0) is 48.9 Å².